The fourth-order valence-corrected chi connectivity index (χ4v) is 9.43. The van der Waals surface area contributed by atoms with E-state index in [0.717, 1.165) is 51.4 Å². The van der Waals surface area contributed by atoms with Crippen LogP contribution in [0.25, 0.3) is 0 Å². The number of esters is 1. The van der Waals surface area contributed by atoms with Crippen molar-refractivity contribution in [1.29, 1.82) is 0 Å². The van der Waals surface area contributed by atoms with Gasteiger partial charge in [0, 0.05) is 12.8 Å². The van der Waals surface area contributed by atoms with E-state index >= 15 is 0 Å². The Morgan fingerprint density at radius 2 is 0.725 bits per heavy atom. The Bertz CT molecular complexity index is 1120. The SMILES string of the molecule is CCCCC/C=C\C/C=C\CCCCCCCCCC(=O)OCCCCCCCCCC/C=C\CCCCCCCCCC(=O)NC(CO)C(O)CCCCCCCCCCCCCCCCCC. The molecule has 6 nitrogen and oxygen atoms in total. The molecule has 6 heteroatoms. The monoisotopic (exact) mass is 970 g/mol. The van der Waals surface area contributed by atoms with Gasteiger partial charge in [0.15, 0.2) is 0 Å². The zero-order valence-electron chi connectivity index (χ0n) is 46.3. The zero-order valence-corrected chi connectivity index (χ0v) is 46.3. The van der Waals surface area contributed by atoms with E-state index in [0.29, 0.717) is 25.9 Å². The molecule has 0 bridgehead atoms. The van der Waals surface area contributed by atoms with Crippen molar-refractivity contribution in [2.45, 2.75) is 341 Å². The minimum absolute atomic E-state index is 0.00364. The number of rotatable bonds is 57. The summed E-state index contributed by atoms with van der Waals surface area (Å²) in [7, 11) is 0. The van der Waals surface area contributed by atoms with Crippen LogP contribution in [-0.2, 0) is 14.3 Å². The highest BCUT2D eigenvalue weighted by Crippen LogP contribution is 2.17. The second-order valence-electron chi connectivity index (χ2n) is 21.0. The predicted molar refractivity (Wildman–Crippen MR) is 301 cm³/mol. The van der Waals surface area contributed by atoms with Gasteiger partial charge in [-0.1, -0.05) is 269 Å². The molecule has 0 aromatic carbocycles. The Kier molecular flexibility index (Phi) is 57.0. The van der Waals surface area contributed by atoms with Crippen LogP contribution in [-0.4, -0.2) is 47.4 Å². The summed E-state index contributed by atoms with van der Waals surface area (Å²) < 4.78 is 5.48. The highest BCUT2D eigenvalue weighted by Gasteiger charge is 2.20. The van der Waals surface area contributed by atoms with Crippen molar-refractivity contribution in [2.75, 3.05) is 13.2 Å². The van der Waals surface area contributed by atoms with Gasteiger partial charge in [-0.25, -0.2) is 0 Å². The highest BCUT2D eigenvalue weighted by molar-refractivity contribution is 5.76. The largest absolute Gasteiger partial charge is 0.466 e. The molecule has 3 N–H and O–H groups in total. The van der Waals surface area contributed by atoms with E-state index in [1.165, 1.54) is 244 Å². The van der Waals surface area contributed by atoms with Crippen LogP contribution in [0.2, 0.25) is 0 Å². The molecule has 0 heterocycles. The van der Waals surface area contributed by atoms with Gasteiger partial charge >= 0.3 is 5.97 Å². The second-order valence-corrected chi connectivity index (χ2v) is 21.0. The van der Waals surface area contributed by atoms with Gasteiger partial charge in [0.05, 0.1) is 25.4 Å². The number of ether oxygens (including phenoxy) is 1. The van der Waals surface area contributed by atoms with Gasteiger partial charge in [-0.3, -0.25) is 9.59 Å². The summed E-state index contributed by atoms with van der Waals surface area (Å²) in [5, 5.41) is 23.3. The highest BCUT2D eigenvalue weighted by atomic mass is 16.5. The molecule has 69 heavy (non-hydrogen) atoms. The third kappa shape index (κ3) is 55.2. The second kappa shape index (κ2) is 58.6. The van der Waals surface area contributed by atoms with Crippen LogP contribution in [0, 0.1) is 0 Å². The van der Waals surface area contributed by atoms with Crippen molar-refractivity contribution in [3.63, 3.8) is 0 Å². The normalized spacial score (nSPS) is 12.8. The van der Waals surface area contributed by atoms with Crippen molar-refractivity contribution in [1.82, 2.24) is 5.32 Å². The minimum atomic E-state index is -0.671. The van der Waals surface area contributed by atoms with E-state index < -0.39 is 12.1 Å². The van der Waals surface area contributed by atoms with E-state index in [1.807, 2.05) is 0 Å². The van der Waals surface area contributed by atoms with Crippen LogP contribution in [0.4, 0.5) is 0 Å². The van der Waals surface area contributed by atoms with Crippen LogP contribution in [0.3, 0.4) is 0 Å². The van der Waals surface area contributed by atoms with Gasteiger partial charge < -0.3 is 20.3 Å². The molecule has 0 aliphatic carbocycles. The number of hydrogen-bond acceptors (Lipinski definition) is 5. The Labute approximate surface area is 430 Å². The number of carbonyl (C=O) groups excluding carboxylic acids is 2. The van der Waals surface area contributed by atoms with E-state index in [1.54, 1.807) is 0 Å². The summed E-state index contributed by atoms with van der Waals surface area (Å²) in [6.07, 6.45) is 72.8. The Morgan fingerprint density at radius 3 is 1.14 bits per heavy atom. The standard InChI is InChI=1S/C63H119NO5/c1-3-5-7-9-11-13-15-17-19-24-29-33-37-41-45-49-53-57-63(68)69-58-54-50-46-42-38-34-30-26-23-21-22-25-28-32-36-40-44-48-52-56-62(67)64-60(59-65)61(66)55-51-47-43-39-35-31-27-20-18-16-14-12-10-8-6-4-2/h11,13,17,19,21-22,60-61,65-66H,3-10,12,14-16,18,20,23-59H2,1-2H3,(H,64,67)/b13-11-,19-17-,22-21-. The number of allylic oxidation sites excluding steroid dienone is 6. The summed E-state index contributed by atoms with van der Waals surface area (Å²) in [4.78, 5) is 24.6. The lowest BCUT2D eigenvalue weighted by atomic mass is 10.0. The molecule has 2 atom stereocenters. The summed E-state index contributed by atoms with van der Waals surface area (Å²) in [6.45, 7) is 4.93. The van der Waals surface area contributed by atoms with Crippen molar-refractivity contribution < 1.29 is 24.5 Å². The van der Waals surface area contributed by atoms with E-state index in [2.05, 4.69) is 55.6 Å². The average molecular weight is 971 g/mol. The zero-order chi connectivity index (χ0) is 50.0. The van der Waals surface area contributed by atoms with Gasteiger partial charge in [-0.15, -0.1) is 0 Å². The maximum absolute atomic E-state index is 12.5. The molecule has 0 aromatic rings. The van der Waals surface area contributed by atoms with Crippen LogP contribution >= 0.6 is 0 Å². The molecule has 0 radical (unpaired) electrons. The molecule has 0 rings (SSSR count). The number of aliphatic hydroxyl groups excluding tert-OH is 2. The first-order valence-corrected chi connectivity index (χ1v) is 30.7. The van der Waals surface area contributed by atoms with Crippen LogP contribution < -0.4 is 5.32 Å². The van der Waals surface area contributed by atoms with Crippen LogP contribution in [0.5, 0.6) is 0 Å². The third-order valence-electron chi connectivity index (χ3n) is 14.2. The minimum Gasteiger partial charge on any atom is -0.466 e. The first-order valence-electron chi connectivity index (χ1n) is 30.7. The molecule has 0 saturated carbocycles. The maximum atomic E-state index is 12.5. The molecule has 0 fully saturated rings. The number of unbranched alkanes of at least 4 members (excludes halogenated alkanes) is 40. The van der Waals surface area contributed by atoms with Gasteiger partial charge in [-0.2, -0.15) is 0 Å². The Balaban J connectivity index is 3.44. The van der Waals surface area contributed by atoms with Crippen molar-refractivity contribution >= 4 is 11.9 Å². The topological polar surface area (TPSA) is 95.9 Å². The Morgan fingerprint density at radius 1 is 0.406 bits per heavy atom. The molecule has 1 amide bonds. The lowest BCUT2D eigenvalue weighted by Gasteiger charge is -2.22. The lowest BCUT2D eigenvalue weighted by molar-refractivity contribution is -0.143. The fourth-order valence-electron chi connectivity index (χ4n) is 9.43. The Hall–Kier alpha value is -1.92. The van der Waals surface area contributed by atoms with Crippen molar-refractivity contribution in [3.05, 3.63) is 36.5 Å². The lowest BCUT2D eigenvalue weighted by Crippen LogP contribution is -2.45. The number of aliphatic hydroxyl groups is 2. The number of hydrogen-bond donors (Lipinski definition) is 3. The number of carbonyl (C=O) groups is 2. The average Bonchev–Trinajstić information content (AvgIpc) is 3.35. The van der Waals surface area contributed by atoms with Gasteiger partial charge in [-0.05, 0) is 83.5 Å². The third-order valence-corrected chi connectivity index (χ3v) is 14.2. The molecule has 0 aliphatic rings. The molecule has 406 valence electrons. The van der Waals surface area contributed by atoms with Crippen LogP contribution in [0.15, 0.2) is 36.5 Å². The quantitative estimate of drug-likeness (QED) is 0.0321. The predicted octanol–water partition coefficient (Wildman–Crippen LogP) is 19.2. The number of amides is 1. The summed E-state index contributed by atoms with van der Waals surface area (Å²) in [6, 6.07) is -0.549. The summed E-state index contributed by atoms with van der Waals surface area (Å²) >= 11 is 0. The molecule has 2 unspecified atom stereocenters. The smallest absolute Gasteiger partial charge is 0.305 e. The first kappa shape index (κ1) is 67.1. The maximum Gasteiger partial charge on any atom is 0.305 e. The molecule has 0 aliphatic heterocycles. The van der Waals surface area contributed by atoms with E-state index in [4.69, 9.17) is 4.74 Å². The first-order chi connectivity index (χ1) is 34.0. The molecule has 0 aromatic heterocycles. The van der Waals surface area contributed by atoms with Gasteiger partial charge in [0.1, 0.15) is 0 Å². The molecule has 0 saturated heterocycles. The molecular formula is C63H119NO5. The van der Waals surface area contributed by atoms with Gasteiger partial charge in [0.25, 0.3) is 0 Å². The summed E-state index contributed by atoms with van der Waals surface area (Å²) in [5.41, 5.74) is 0. The van der Waals surface area contributed by atoms with Crippen molar-refractivity contribution in [2.24, 2.45) is 0 Å². The van der Waals surface area contributed by atoms with Crippen molar-refractivity contribution in [3.8, 4) is 0 Å². The van der Waals surface area contributed by atoms with Gasteiger partial charge in [0.2, 0.25) is 5.91 Å². The van der Waals surface area contributed by atoms with Crippen LogP contribution in [0.1, 0.15) is 328 Å². The molecule has 0 spiro atoms. The van der Waals surface area contributed by atoms with E-state index in [-0.39, 0.29) is 18.5 Å². The fraction of sp³-hybridized carbons (Fsp3) is 0.873. The summed E-state index contributed by atoms with van der Waals surface area (Å²) in [5.74, 6) is -0.0469. The number of nitrogens with one attached hydrogen (secondary N) is 1. The van der Waals surface area contributed by atoms with E-state index in [9.17, 15) is 19.8 Å². The molecular weight excluding hydrogens is 851 g/mol.